The number of anilines is 1. The molecule has 1 aromatic heterocycles. The van der Waals surface area contributed by atoms with Crippen LogP contribution >= 0.6 is 0 Å². The highest BCUT2D eigenvalue weighted by Crippen LogP contribution is 2.19. The largest absolute Gasteiger partial charge is 0.462 e. The van der Waals surface area contributed by atoms with E-state index in [-0.39, 0.29) is 11.6 Å². The van der Waals surface area contributed by atoms with E-state index in [1.165, 1.54) is 18.4 Å². The van der Waals surface area contributed by atoms with Crippen LogP contribution in [0.4, 0.5) is 5.69 Å². The van der Waals surface area contributed by atoms with Crippen LogP contribution in [-0.2, 0) is 11.3 Å². The minimum atomic E-state index is -0.428. The number of likely N-dealkylation sites (tertiary alicyclic amines) is 1. The molecule has 6 nitrogen and oxygen atoms in total. The van der Waals surface area contributed by atoms with Gasteiger partial charge in [-0.15, -0.1) is 0 Å². The summed E-state index contributed by atoms with van der Waals surface area (Å²) in [6.07, 6.45) is 2.52. The zero-order valence-electron chi connectivity index (χ0n) is 17.4. The summed E-state index contributed by atoms with van der Waals surface area (Å²) in [6.45, 7) is 9.29. The van der Waals surface area contributed by atoms with Gasteiger partial charge in [0.05, 0.1) is 17.9 Å². The summed E-state index contributed by atoms with van der Waals surface area (Å²) >= 11 is 0. The highest BCUT2D eigenvalue weighted by molar-refractivity contribution is 6.03. The molecule has 2 heterocycles. The fourth-order valence-electron chi connectivity index (χ4n) is 3.48. The van der Waals surface area contributed by atoms with Crippen molar-refractivity contribution in [2.75, 3.05) is 25.0 Å². The average molecular weight is 396 g/mol. The Balaban J connectivity index is 1.59. The number of aromatic nitrogens is 1. The fourth-order valence-corrected chi connectivity index (χ4v) is 3.48. The zero-order chi connectivity index (χ0) is 20.8. The number of benzene rings is 1. The Labute approximate surface area is 172 Å². The van der Waals surface area contributed by atoms with Crippen LogP contribution in [-0.4, -0.2) is 41.5 Å². The molecular formula is C23H29N3O3. The van der Waals surface area contributed by atoms with Gasteiger partial charge in [0.25, 0.3) is 5.91 Å². The molecule has 1 N–H and O–H groups in total. The summed E-state index contributed by atoms with van der Waals surface area (Å²) in [5.41, 5.74) is 3.08. The highest BCUT2D eigenvalue weighted by atomic mass is 16.5. The van der Waals surface area contributed by atoms with Crippen LogP contribution in [0.25, 0.3) is 0 Å². The molecule has 1 aliphatic heterocycles. The van der Waals surface area contributed by atoms with Crippen LogP contribution < -0.4 is 5.32 Å². The van der Waals surface area contributed by atoms with Gasteiger partial charge in [0.2, 0.25) is 0 Å². The lowest BCUT2D eigenvalue weighted by atomic mass is 9.99. The van der Waals surface area contributed by atoms with Crippen LogP contribution in [0.5, 0.6) is 0 Å². The molecule has 1 aliphatic rings. The molecule has 2 aromatic rings. The molecule has 0 spiro atoms. The van der Waals surface area contributed by atoms with Gasteiger partial charge in [-0.25, -0.2) is 9.78 Å². The number of esters is 1. The zero-order valence-corrected chi connectivity index (χ0v) is 17.4. The number of piperidine rings is 1. The van der Waals surface area contributed by atoms with E-state index in [0.29, 0.717) is 17.9 Å². The Kier molecular flexibility index (Phi) is 6.99. The van der Waals surface area contributed by atoms with Crippen molar-refractivity contribution in [2.24, 2.45) is 5.92 Å². The molecule has 1 fully saturated rings. The summed E-state index contributed by atoms with van der Waals surface area (Å²) in [4.78, 5) is 31.1. The van der Waals surface area contributed by atoms with Crippen molar-refractivity contribution >= 4 is 17.6 Å². The Morgan fingerprint density at radius 3 is 2.45 bits per heavy atom. The van der Waals surface area contributed by atoms with Crippen LogP contribution in [0.15, 0.2) is 36.4 Å². The second kappa shape index (κ2) is 9.65. The second-order valence-corrected chi connectivity index (χ2v) is 7.66. The number of nitrogens with zero attached hydrogens (tertiary/aromatic N) is 2. The molecular weight excluding hydrogens is 366 g/mol. The van der Waals surface area contributed by atoms with E-state index in [4.69, 9.17) is 4.74 Å². The summed E-state index contributed by atoms with van der Waals surface area (Å²) < 4.78 is 4.99. The number of carbonyl (C=O) groups is 2. The van der Waals surface area contributed by atoms with E-state index >= 15 is 0 Å². The Morgan fingerprint density at radius 2 is 1.83 bits per heavy atom. The number of carbonyl (C=O) groups excluding carboxylic acids is 2. The fraction of sp³-hybridized carbons (Fsp3) is 0.435. The number of ether oxygens (including phenoxy) is 1. The molecule has 0 aliphatic carbocycles. The summed E-state index contributed by atoms with van der Waals surface area (Å²) in [7, 11) is 0. The molecule has 6 heteroatoms. The maximum Gasteiger partial charge on any atom is 0.339 e. The first-order chi connectivity index (χ1) is 14.0. The lowest BCUT2D eigenvalue weighted by Crippen LogP contribution is -2.32. The maximum absolute atomic E-state index is 12.5. The molecule has 1 aromatic carbocycles. The van der Waals surface area contributed by atoms with Crippen LogP contribution in [0.3, 0.4) is 0 Å². The normalized spacial score (nSPS) is 15.1. The first-order valence-electron chi connectivity index (χ1n) is 10.2. The SMILES string of the molecule is CCOC(=O)c1ccc(C(=O)Nc2ccc(CN3CCC(C)CC3)cc2)nc1C. The van der Waals surface area contributed by atoms with E-state index < -0.39 is 5.97 Å². The molecule has 0 saturated carbocycles. The molecule has 0 unspecified atom stereocenters. The van der Waals surface area contributed by atoms with Gasteiger partial charge in [-0.2, -0.15) is 0 Å². The van der Waals surface area contributed by atoms with Gasteiger partial charge < -0.3 is 10.1 Å². The van der Waals surface area contributed by atoms with Crippen molar-refractivity contribution in [1.29, 1.82) is 0 Å². The van der Waals surface area contributed by atoms with Crippen molar-refractivity contribution in [2.45, 2.75) is 40.2 Å². The lowest BCUT2D eigenvalue weighted by molar-refractivity contribution is 0.0524. The molecule has 0 atom stereocenters. The Morgan fingerprint density at radius 1 is 1.14 bits per heavy atom. The molecule has 3 rings (SSSR count). The van der Waals surface area contributed by atoms with E-state index in [0.717, 1.165) is 31.2 Å². The quantitative estimate of drug-likeness (QED) is 0.747. The monoisotopic (exact) mass is 395 g/mol. The predicted octanol–water partition coefficient (Wildman–Crippen LogP) is 4.05. The number of aryl methyl sites for hydroxylation is 1. The summed E-state index contributed by atoms with van der Waals surface area (Å²) in [5, 5.41) is 2.86. The number of hydrogen-bond acceptors (Lipinski definition) is 5. The Hall–Kier alpha value is -2.73. The average Bonchev–Trinajstić information content (AvgIpc) is 2.71. The van der Waals surface area contributed by atoms with Crippen molar-refractivity contribution in [3.63, 3.8) is 0 Å². The molecule has 0 radical (unpaired) electrons. The van der Waals surface area contributed by atoms with Gasteiger partial charge >= 0.3 is 5.97 Å². The first-order valence-corrected chi connectivity index (χ1v) is 10.2. The molecule has 1 saturated heterocycles. The smallest absolute Gasteiger partial charge is 0.339 e. The van der Waals surface area contributed by atoms with Gasteiger partial charge in [0, 0.05) is 12.2 Å². The number of nitrogens with one attached hydrogen (secondary N) is 1. The summed E-state index contributed by atoms with van der Waals surface area (Å²) in [6, 6.07) is 11.1. The van der Waals surface area contributed by atoms with Crippen molar-refractivity contribution in [3.8, 4) is 0 Å². The number of amides is 1. The van der Waals surface area contributed by atoms with Gasteiger partial charge in [-0.3, -0.25) is 9.69 Å². The third-order valence-electron chi connectivity index (χ3n) is 5.31. The van der Waals surface area contributed by atoms with E-state index in [9.17, 15) is 9.59 Å². The van der Waals surface area contributed by atoms with Gasteiger partial charge in [-0.05, 0) is 75.5 Å². The molecule has 29 heavy (non-hydrogen) atoms. The van der Waals surface area contributed by atoms with Gasteiger partial charge in [0.1, 0.15) is 5.69 Å². The topological polar surface area (TPSA) is 71.5 Å². The van der Waals surface area contributed by atoms with E-state index in [1.54, 1.807) is 26.0 Å². The van der Waals surface area contributed by atoms with Gasteiger partial charge in [0.15, 0.2) is 0 Å². The van der Waals surface area contributed by atoms with Crippen LogP contribution in [0, 0.1) is 12.8 Å². The minimum absolute atomic E-state index is 0.266. The van der Waals surface area contributed by atoms with Crippen molar-refractivity contribution < 1.29 is 14.3 Å². The lowest BCUT2D eigenvalue weighted by Gasteiger charge is -2.30. The van der Waals surface area contributed by atoms with Crippen LogP contribution in [0.1, 0.15) is 58.8 Å². The maximum atomic E-state index is 12.5. The highest BCUT2D eigenvalue weighted by Gasteiger charge is 2.17. The molecule has 1 amide bonds. The van der Waals surface area contributed by atoms with E-state index in [1.807, 2.05) is 12.1 Å². The predicted molar refractivity (Wildman–Crippen MR) is 113 cm³/mol. The standard InChI is InChI=1S/C23H29N3O3/c1-4-29-23(28)20-9-10-21(24-17(20)3)22(27)25-19-7-5-18(6-8-19)15-26-13-11-16(2)12-14-26/h5-10,16H,4,11-15H2,1-3H3,(H,25,27). The van der Waals surface area contributed by atoms with E-state index in [2.05, 4.69) is 34.3 Å². The summed E-state index contributed by atoms with van der Waals surface area (Å²) in [5.74, 6) is 0.0944. The first kappa shape index (κ1) is 21.0. The third-order valence-corrected chi connectivity index (χ3v) is 5.31. The Bertz CT molecular complexity index is 856. The van der Waals surface area contributed by atoms with Crippen molar-refractivity contribution in [3.05, 3.63) is 58.9 Å². The number of pyridine rings is 1. The third kappa shape index (κ3) is 5.64. The van der Waals surface area contributed by atoms with Gasteiger partial charge in [-0.1, -0.05) is 19.1 Å². The second-order valence-electron chi connectivity index (χ2n) is 7.66. The van der Waals surface area contributed by atoms with Crippen molar-refractivity contribution in [1.82, 2.24) is 9.88 Å². The van der Waals surface area contributed by atoms with Crippen LogP contribution in [0.2, 0.25) is 0 Å². The number of rotatable bonds is 6. The molecule has 0 bridgehead atoms. The number of hydrogen-bond donors (Lipinski definition) is 1. The minimum Gasteiger partial charge on any atom is -0.462 e. The molecule has 154 valence electrons.